The Kier molecular flexibility index (Phi) is 4.18. The second-order valence-corrected chi connectivity index (χ2v) is 6.45. The van der Waals surface area contributed by atoms with Crippen LogP contribution >= 0.6 is 11.6 Å². The van der Waals surface area contributed by atoms with Gasteiger partial charge in [0.25, 0.3) is 0 Å². The number of anilines is 2. The van der Waals surface area contributed by atoms with Gasteiger partial charge < -0.3 is 9.88 Å². The van der Waals surface area contributed by atoms with Crippen molar-refractivity contribution >= 4 is 34.1 Å². The predicted molar refractivity (Wildman–Crippen MR) is 103 cm³/mol. The number of halogens is 1. The number of rotatable bonds is 4. The lowest BCUT2D eigenvalue weighted by atomic mass is 10.1. The van der Waals surface area contributed by atoms with Crippen molar-refractivity contribution in [3.63, 3.8) is 0 Å². The molecule has 0 saturated heterocycles. The van der Waals surface area contributed by atoms with Crippen LogP contribution in [0.4, 0.5) is 11.5 Å². The lowest BCUT2D eigenvalue weighted by Crippen LogP contribution is -2.24. The fraction of sp³-hybridized carbons (Fsp3) is 0.105. The molecule has 0 aliphatic carbocycles. The predicted octanol–water partition coefficient (Wildman–Crippen LogP) is 4.25. The lowest BCUT2D eigenvalue weighted by Gasteiger charge is -2.16. The van der Waals surface area contributed by atoms with Crippen molar-refractivity contribution < 1.29 is 0 Å². The van der Waals surface area contributed by atoms with E-state index in [0.29, 0.717) is 27.4 Å². The summed E-state index contributed by atoms with van der Waals surface area (Å²) in [6, 6.07) is 17.4. The normalized spacial score (nSPS) is 12.2. The number of benzene rings is 2. The molecule has 0 saturated carbocycles. The van der Waals surface area contributed by atoms with Gasteiger partial charge in [-0.1, -0.05) is 48.0 Å². The average molecular weight is 365 g/mol. The highest BCUT2D eigenvalue weighted by molar-refractivity contribution is 6.30. The van der Waals surface area contributed by atoms with Gasteiger partial charge in [-0.2, -0.15) is 5.10 Å². The molecule has 26 heavy (non-hydrogen) atoms. The average Bonchev–Trinajstić information content (AvgIpc) is 3.06. The topological polar surface area (TPSA) is 82.4 Å². The quantitative estimate of drug-likeness (QED) is 0.506. The minimum Gasteiger partial charge on any atom is -0.338 e. The molecule has 1 atom stereocenters. The molecule has 130 valence electrons. The van der Waals surface area contributed by atoms with E-state index >= 15 is 0 Å². The maximum Gasteiger partial charge on any atom is 0.165 e. The Bertz CT molecular complexity index is 1120. The van der Waals surface area contributed by atoms with E-state index in [4.69, 9.17) is 17.0 Å². The second-order valence-electron chi connectivity index (χ2n) is 6.02. The number of hydrogen-bond acceptors (Lipinski definition) is 4. The Morgan fingerprint density at radius 2 is 1.96 bits per heavy atom. The molecule has 0 bridgehead atoms. The molecule has 0 aliphatic rings. The molecule has 7 heteroatoms. The molecule has 0 radical (unpaired) electrons. The third-order valence-electron chi connectivity index (χ3n) is 4.34. The molecule has 4 rings (SSSR count). The van der Waals surface area contributed by atoms with Crippen LogP contribution in [0.2, 0.25) is 5.02 Å². The summed E-state index contributed by atoms with van der Waals surface area (Å²) in [6.45, 7) is 2.05. The van der Waals surface area contributed by atoms with E-state index in [0.717, 1.165) is 11.3 Å². The summed E-state index contributed by atoms with van der Waals surface area (Å²) < 4.78 is 1.83. The van der Waals surface area contributed by atoms with Crippen molar-refractivity contribution in [3.8, 4) is 0 Å². The summed E-state index contributed by atoms with van der Waals surface area (Å²) in [7, 11) is 0. The van der Waals surface area contributed by atoms with Gasteiger partial charge in [-0.25, -0.2) is 4.98 Å². The second kappa shape index (κ2) is 6.65. The van der Waals surface area contributed by atoms with Crippen LogP contribution in [0.1, 0.15) is 18.5 Å². The molecular formula is C19H17ClN6. The van der Waals surface area contributed by atoms with Gasteiger partial charge in [0, 0.05) is 10.7 Å². The minimum atomic E-state index is -0.0190. The van der Waals surface area contributed by atoms with Gasteiger partial charge in [0.2, 0.25) is 0 Å². The summed E-state index contributed by atoms with van der Waals surface area (Å²) >= 11 is 6.05. The SMILES string of the molecule is C[C@@H](c1ccccc1)n1cnc2[nH]nc(Nc3cccc(Cl)c3)c2c1=N. The molecular weight excluding hydrogens is 348 g/mol. The van der Waals surface area contributed by atoms with Crippen LogP contribution in [-0.2, 0) is 0 Å². The molecule has 2 heterocycles. The largest absolute Gasteiger partial charge is 0.338 e. The number of hydrogen-bond donors (Lipinski definition) is 3. The third kappa shape index (κ3) is 2.95. The number of fused-ring (bicyclic) bond motifs is 1. The number of aromatic nitrogens is 4. The zero-order valence-corrected chi connectivity index (χ0v) is 14.8. The first kappa shape index (κ1) is 16.4. The van der Waals surface area contributed by atoms with Crippen LogP contribution in [0.25, 0.3) is 11.0 Å². The number of aromatic amines is 1. The molecule has 2 aromatic heterocycles. The van der Waals surface area contributed by atoms with Gasteiger partial charge in [-0.05, 0) is 30.7 Å². The minimum absolute atomic E-state index is 0.0190. The summed E-state index contributed by atoms with van der Waals surface area (Å²) in [4.78, 5) is 4.43. The standard InChI is InChI=1S/C19H17ClN6/c1-12(13-6-3-2-4-7-13)26-11-22-18-16(17(26)21)19(25-24-18)23-15-9-5-8-14(20)10-15/h2-12,21H,1H3,(H2,23,24,25)/t12-/m0/s1. The van der Waals surface area contributed by atoms with Crippen LogP contribution in [0.15, 0.2) is 60.9 Å². The Labute approximate surface area is 155 Å². The maximum absolute atomic E-state index is 8.68. The van der Waals surface area contributed by atoms with Crippen molar-refractivity contribution in [2.24, 2.45) is 0 Å². The van der Waals surface area contributed by atoms with E-state index in [-0.39, 0.29) is 6.04 Å². The molecule has 0 aliphatic heterocycles. The van der Waals surface area contributed by atoms with E-state index in [1.165, 1.54) is 0 Å². The van der Waals surface area contributed by atoms with E-state index in [2.05, 4.69) is 20.5 Å². The molecule has 0 unspecified atom stereocenters. The van der Waals surface area contributed by atoms with Crippen LogP contribution in [0.3, 0.4) is 0 Å². The highest BCUT2D eigenvalue weighted by Crippen LogP contribution is 2.23. The first-order valence-corrected chi connectivity index (χ1v) is 8.58. The first-order chi connectivity index (χ1) is 12.6. The summed E-state index contributed by atoms with van der Waals surface area (Å²) in [5, 5.41) is 20.3. The van der Waals surface area contributed by atoms with Crippen LogP contribution in [-0.4, -0.2) is 19.7 Å². The van der Waals surface area contributed by atoms with Crippen LogP contribution < -0.4 is 10.8 Å². The van der Waals surface area contributed by atoms with Crippen molar-refractivity contribution in [2.75, 3.05) is 5.32 Å². The van der Waals surface area contributed by atoms with Gasteiger partial charge in [0.05, 0.1) is 12.4 Å². The van der Waals surface area contributed by atoms with Crippen molar-refractivity contribution in [1.29, 1.82) is 5.41 Å². The van der Waals surface area contributed by atoms with Gasteiger partial charge >= 0.3 is 0 Å². The van der Waals surface area contributed by atoms with Crippen molar-refractivity contribution in [3.05, 3.63) is 77.0 Å². The summed E-state index contributed by atoms with van der Waals surface area (Å²) in [5.41, 5.74) is 2.82. The number of nitrogens with zero attached hydrogens (tertiary/aromatic N) is 3. The maximum atomic E-state index is 8.68. The number of nitrogens with one attached hydrogen (secondary N) is 3. The van der Waals surface area contributed by atoms with Crippen molar-refractivity contribution in [2.45, 2.75) is 13.0 Å². The van der Waals surface area contributed by atoms with Crippen LogP contribution in [0.5, 0.6) is 0 Å². The molecule has 2 aromatic carbocycles. The summed E-state index contributed by atoms with van der Waals surface area (Å²) in [6.07, 6.45) is 1.67. The molecule has 6 nitrogen and oxygen atoms in total. The highest BCUT2D eigenvalue weighted by atomic mass is 35.5. The van der Waals surface area contributed by atoms with E-state index < -0.39 is 0 Å². The van der Waals surface area contributed by atoms with Crippen LogP contribution in [0, 0.1) is 5.41 Å². The highest BCUT2D eigenvalue weighted by Gasteiger charge is 2.15. The Balaban J connectivity index is 1.78. The Morgan fingerprint density at radius 3 is 2.73 bits per heavy atom. The molecule has 0 amide bonds. The van der Waals surface area contributed by atoms with Crippen molar-refractivity contribution in [1.82, 2.24) is 19.7 Å². The molecule has 3 N–H and O–H groups in total. The van der Waals surface area contributed by atoms with Gasteiger partial charge in [0.1, 0.15) is 10.9 Å². The number of H-pyrrole nitrogens is 1. The molecule has 0 fully saturated rings. The molecule has 4 aromatic rings. The zero-order valence-electron chi connectivity index (χ0n) is 14.1. The van der Waals surface area contributed by atoms with E-state index in [1.54, 1.807) is 6.33 Å². The first-order valence-electron chi connectivity index (χ1n) is 8.21. The van der Waals surface area contributed by atoms with Gasteiger partial charge in [0.15, 0.2) is 11.5 Å². The summed E-state index contributed by atoms with van der Waals surface area (Å²) in [5.74, 6) is 0.550. The van der Waals surface area contributed by atoms with E-state index in [9.17, 15) is 0 Å². The Morgan fingerprint density at radius 1 is 1.15 bits per heavy atom. The van der Waals surface area contributed by atoms with E-state index in [1.807, 2.05) is 66.1 Å². The third-order valence-corrected chi connectivity index (χ3v) is 4.58. The smallest absolute Gasteiger partial charge is 0.165 e. The lowest BCUT2D eigenvalue weighted by molar-refractivity contribution is 0.595. The monoisotopic (exact) mass is 364 g/mol. The fourth-order valence-electron chi connectivity index (χ4n) is 2.94. The zero-order chi connectivity index (χ0) is 18.1. The molecule has 0 spiro atoms. The Hall–Kier alpha value is -3.12. The fourth-order valence-corrected chi connectivity index (χ4v) is 3.13. The van der Waals surface area contributed by atoms with Gasteiger partial charge in [-0.3, -0.25) is 10.5 Å². The van der Waals surface area contributed by atoms with Gasteiger partial charge in [-0.15, -0.1) is 0 Å².